The molecule has 104 valence electrons. The molecule has 0 saturated carbocycles. The quantitative estimate of drug-likeness (QED) is 0.747. The van der Waals surface area contributed by atoms with Gasteiger partial charge in [0.1, 0.15) is 15.8 Å². The van der Waals surface area contributed by atoms with E-state index < -0.39 is 0 Å². The molecule has 1 saturated heterocycles. The van der Waals surface area contributed by atoms with Gasteiger partial charge in [0.15, 0.2) is 5.65 Å². The molecule has 2 aromatic heterocycles. The standard InChI is InChI=1S/C11H15IN6.ClH/c1-7-2-4-17(5-3-7)18-11-8(9(12)16-18)10(13)14-6-15-11;/h6-7H,2-5H2,1H3,(H2,13,14,15);1H. The molecule has 0 unspecified atom stereocenters. The Morgan fingerprint density at radius 1 is 1.32 bits per heavy atom. The Balaban J connectivity index is 0.00000133. The first-order chi connectivity index (χ1) is 8.66. The van der Waals surface area contributed by atoms with Crippen LogP contribution in [0.4, 0.5) is 5.82 Å². The van der Waals surface area contributed by atoms with Gasteiger partial charge in [0.25, 0.3) is 0 Å². The molecule has 0 bridgehead atoms. The van der Waals surface area contributed by atoms with Crippen molar-refractivity contribution in [3.05, 3.63) is 10.0 Å². The minimum Gasteiger partial charge on any atom is -0.383 e. The number of halogens is 2. The molecule has 19 heavy (non-hydrogen) atoms. The number of hydrogen-bond acceptors (Lipinski definition) is 5. The van der Waals surface area contributed by atoms with Crippen LogP contribution in [0, 0.1) is 9.62 Å². The van der Waals surface area contributed by atoms with E-state index in [-0.39, 0.29) is 12.4 Å². The summed E-state index contributed by atoms with van der Waals surface area (Å²) in [6, 6.07) is 0. The summed E-state index contributed by atoms with van der Waals surface area (Å²) in [4.78, 5) is 10.2. The lowest BCUT2D eigenvalue weighted by Gasteiger charge is -2.31. The van der Waals surface area contributed by atoms with Crippen molar-refractivity contribution in [2.75, 3.05) is 23.8 Å². The van der Waals surface area contributed by atoms with E-state index in [4.69, 9.17) is 5.73 Å². The number of nitrogens with two attached hydrogens (primary N) is 1. The highest BCUT2D eigenvalue weighted by Gasteiger charge is 2.21. The molecular formula is C11H16ClIN6. The lowest BCUT2D eigenvalue weighted by molar-refractivity contribution is 0.375. The molecule has 8 heteroatoms. The van der Waals surface area contributed by atoms with Gasteiger partial charge in [-0.2, -0.15) is 4.79 Å². The first-order valence-electron chi connectivity index (χ1n) is 6.06. The number of fused-ring (bicyclic) bond motifs is 1. The molecule has 6 nitrogen and oxygen atoms in total. The maximum Gasteiger partial charge on any atom is 0.187 e. The largest absolute Gasteiger partial charge is 0.383 e. The number of hydrogen-bond donors (Lipinski definition) is 1. The summed E-state index contributed by atoms with van der Waals surface area (Å²) in [6.45, 7) is 4.32. The van der Waals surface area contributed by atoms with E-state index in [1.54, 1.807) is 0 Å². The fourth-order valence-corrected chi connectivity index (χ4v) is 3.02. The molecule has 1 aliphatic rings. The molecule has 3 heterocycles. The van der Waals surface area contributed by atoms with E-state index in [0.29, 0.717) is 5.82 Å². The van der Waals surface area contributed by atoms with Crippen molar-refractivity contribution in [3.8, 4) is 0 Å². The van der Waals surface area contributed by atoms with Gasteiger partial charge in [0.2, 0.25) is 0 Å². The third-order valence-electron chi connectivity index (χ3n) is 3.46. The van der Waals surface area contributed by atoms with E-state index in [0.717, 1.165) is 33.7 Å². The second kappa shape index (κ2) is 5.66. The average Bonchev–Trinajstić information content (AvgIpc) is 2.69. The highest BCUT2D eigenvalue weighted by atomic mass is 127. The van der Waals surface area contributed by atoms with Crippen LogP contribution >= 0.6 is 35.0 Å². The number of rotatable bonds is 1. The third kappa shape index (κ3) is 2.58. The van der Waals surface area contributed by atoms with E-state index in [1.165, 1.54) is 19.2 Å². The van der Waals surface area contributed by atoms with Gasteiger partial charge in [-0.1, -0.05) is 6.92 Å². The lowest BCUT2D eigenvalue weighted by Crippen LogP contribution is -2.42. The summed E-state index contributed by atoms with van der Waals surface area (Å²) in [5.41, 5.74) is 6.70. The predicted molar refractivity (Wildman–Crippen MR) is 86.0 cm³/mol. The normalized spacial score (nSPS) is 16.6. The first kappa shape index (κ1) is 14.6. The topological polar surface area (TPSA) is 72.9 Å². The van der Waals surface area contributed by atoms with Gasteiger partial charge in [0, 0.05) is 13.1 Å². The van der Waals surface area contributed by atoms with Crippen LogP contribution in [0.2, 0.25) is 0 Å². The molecule has 1 aliphatic heterocycles. The Morgan fingerprint density at radius 2 is 2.00 bits per heavy atom. The maximum atomic E-state index is 5.89. The van der Waals surface area contributed by atoms with Gasteiger partial charge < -0.3 is 5.73 Å². The smallest absolute Gasteiger partial charge is 0.187 e. The molecule has 2 aromatic rings. The molecule has 0 atom stereocenters. The van der Waals surface area contributed by atoms with Crippen LogP contribution in [0.25, 0.3) is 11.0 Å². The molecule has 3 rings (SSSR count). The molecule has 0 aliphatic carbocycles. The second-order valence-electron chi connectivity index (χ2n) is 4.77. The van der Waals surface area contributed by atoms with Crippen LogP contribution in [0.3, 0.4) is 0 Å². The van der Waals surface area contributed by atoms with Gasteiger partial charge in [-0.15, -0.1) is 17.5 Å². The highest BCUT2D eigenvalue weighted by molar-refractivity contribution is 14.1. The Labute approximate surface area is 131 Å². The summed E-state index contributed by atoms with van der Waals surface area (Å²) < 4.78 is 0.860. The van der Waals surface area contributed by atoms with E-state index in [2.05, 4.69) is 49.6 Å². The summed E-state index contributed by atoms with van der Waals surface area (Å²) >= 11 is 2.19. The highest BCUT2D eigenvalue weighted by Crippen LogP contribution is 2.24. The molecule has 0 spiro atoms. The van der Waals surface area contributed by atoms with Crippen LogP contribution in [0.5, 0.6) is 0 Å². The monoisotopic (exact) mass is 394 g/mol. The third-order valence-corrected chi connectivity index (χ3v) is 4.22. The van der Waals surface area contributed by atoms with Crippen molar-refractivity contribution in [2.45, 2.75) is 19.8 Å². The predicted octanol–water partition coefficient (Wildman–Crippen LogP) is 1.80. The van der Waals surface area contributed by atoms with Gasteiger partial charge >= 0.3 is 0 Å². The molecule has 0 amide bonds. The van der Waals surface area contributed by atoms with Crippen molar-refractivity contribution in [2.24, 2.45) is 5.92 Å². The SMILES string of the molecule is CC1CCN(n2nc(I)c3c(N)ncnc32)CC1.Cl. The zero-order chi connectivity index (χ0) is 12.7. The van der Waals surface area contributed by atoms with Crippen LogP contribution < -0.4 is 10.7 Å². The number of aromatic nitrogens is 4. The number of nitrogen functional groups attached to an aromatic ring is 1. The fourth-order valence-electron chi connectivity index (χ4n) is 2.30. The number of nitrogens with zero attached hydrogens (tertiary/aromatic N) is 5. The lowest BCUT2D eigenvalue weighted by atomic mass is 10.0. The maximum absolute atomic E-state index is 5.89. The molecule has 0 aromatic carbocycles. The van der Waals surface area contributed by atoms with Gasteiger partial charge in [-0.3, -0.25) is 5.01 Å². The molecule has 1 fully saturated rings. The zero-order valence-corrected chi connectivity index (χ0v) is 13.6. The van der Waals surface area contributed by atoms with Crippen molar-refractivity contribution in [1.29, 1.82) is 0 Å². The Morgan fingerprint density at radius 3 is 2.68 bits per heavy atom. The first-order valence-corrected chi connectivity index (χ1v) is 7.14. The van der Waals surface area contributed by atoms with Gasteiger partial charge in [0.05, 0.1) is 5.39 Å². The van der Waals surface area contributed by atoms with E-state index >= 15 is 0 Å². The van der Waals surface area contributed by atoms with Gasteiger partial charge in [-0.05, 0) is 41.4 Å². The Hall–Kier alpha value is -0.830. The summed E-state index contributed by atoms with van der Waals surface area (Å²) in [5.74, 6) is 1.29. The van der Waals surface area contributed by atoms with Crippen LogP contribution in [0.1, 0.15) is 19.8 Å². The second-order valence-corrected chi connectivity index (χ2v) is 5.80. The zero-order valence-electron chi connectivity index (χ0n) is 10.6. The molecule has 2 N–H and O–H groups in total. The minimum atomic E-state index is 0. The van der Waals surface area contributed by atoms with Crippen molar-refractivity contribution >= 4 is 51.8 Å². The van der Waals surface area contributed by atoms with Crippen molar-refractivity contribution in [1.82, 2.24) is 19.9 Å². The summed E-state index contributed by atoms with van der Waals surface area (Å²) in [6.07, 6.45) is 3.88. The Kier molecular flexibility index (Phi) is 4.34. The van der Waals surface area contributed by atoms with Crippen LogP contribution in [-0.4, -0.2) is 32.9 Å². The molecular weight excluding hydrogens is 379 g/mol. The summed E-state index contributed by atoms with van der Waals surface area (Å²) in [7, 11) is 0. The number of piperidine rings is 1. The van der Waals surface area contributed by atoms with Gasteiger partial charge in [-0.25, -0.2) is 9.97 Å². The van der Waals surface area contributed by atoms with Crippen LogP contribution in [-0.2, 0) is 0 Å². The van der Waals surface area contributed by atoms with Crippen molar-refractivity contribution in [3.63, 3.8) is 0 Å². The molecule has 0 radical (unpaired) electrons. The van der Waals surface area contributed by atoms with E-state index in [1.807, 2.05) is 4.79 Å². The minimum absolute atomic E-state index is 0. The van der Waals surface area contributed by atoms with E-state index in [9.17, 15) is 0 Å². The van der Waals surface area contributed by atoms with Crippen LogP contribution in [0.15, 0.2) is 6.33 Å². The average molecular weight is 395 g/mol. The van der Waals surface area contributed by atoms with Crippen molar-refractivity contribution < 1.29 is 0 Å². The fraction of sp³-hybridized carbons (Fsp3) is 0.545. The number of anilines is 1. The Bertz CT molecular complexity index is 578. The summed E-state index contributed by atoms with van der Waals surface area (Å²) in [5, 5.41) is 7.64.